The first kappa shape index (κ1) is 23.3. The van der Waals surface area contributed by atoms with Gasteiger partial charge < -0.3 is 15.7 Å². The van der Waals surface area contributed by atoms with Crippen LogP contribution in [0.1, 0.15) is 54.4 Å². The Hall–Kier alpha value is -2.47. The number of anilines is 1. The van der Waals surface area contributed by atoms with Crippen LogP contribution < -0.4 is 10.6 Å². The fourth-order valence-electron chi connectivity index (χ4n) is 6.57. The highest BCUT2D eigenvalue weighted by Gasteiger charge is 2.50. The molecule has 0 atom stereocenters. The van der Waals surface area contributed by atoms with E-state index >= 15 is 0 Å². The van der Waals surface area contributed by atoms with E-state index in [2.05, 4.69) is 46.7 Å². The first-order chi connectivity index (χ1) is 16.6. The number of hydrogen-bond donors (Lipinski definition) is 3. The normalized spacial score (nSPS) is 27.5. The molecule has 4 fully saturated rings. The fraction of sp³-hybridized carbons (Fsp3) is 0.500. The van der Waals surface area contributed by atoms with E-state index in [0.717, 1.165) is 54.7 Å². The lowest BCUT2D eigenvalue weighted by atomic mass is 9.56. The number of rotatable bonds is 9. The summed E-state index contributed by atoms with van der Waals surface area (Å²) in [5.74, 6) is 3.83. The standard InChI is InChI=1S/C28H35N3O2S/c32-26(33)24-6-8-25(9-7-24)31-27(29-11-10-20-4-2-1-3-5-20)30-12-13-34-28-17-21-14-22(18-28)16-23(15-21)19-28/h1-9,21-23H,10-19H2,(H,32,33)(H2,29,30,31). The molecule has 5 nitrogen and oxygen atoms in total. The summed E-state index contributed by atoms with van der Waals surface area (Å²) in [4.78, 5) is 16.0. The Morgan fingerprint density at radius 3 is 2.24 bits per heavy atom. The van der Waals surface area contributed by atoms with E-state index in [1.54, 1.807) is 24.3 Å². The van der Waals surface area contributed by atoms with E-state index in [0.29, 0.717) is 4.75 Å². The van der Waals surface area contributed by atoms with Crippen molar-refractivity contribution in [3.8, 4) is 0 Å². The molecular weight excluding hydrogens is 442 g/mol. The molecule has 0 heterocycles. The highest BCUT2D eigenvalue weighted by molar-refractivity contribution is 8.00. The summed E-state index contributed by atoms with van der Waals surface area (Å²) in [6.07, 6.45) is 9.63. The second-order valence-corrected chi connectivity index (χ2v) is 11.9. The lowest BCUT2D eigenvalue weighted by molar-refractivity contribution is 0.0384. The Balaban J connectivity index is 1.18. The zero-order valence-electron chi connectivity index (χ0n) is 19.7. The number of guanidine groups is 1. The average Bonchev–Trinajstić information content (AvgIpc) is 2.82. The van der Waals surface area contributed by atoms with Crippen molar-refractivity contribution in [2.75, 3.05) is 24.2 Å². The number of thioether (sulfide) groups is 1. The van der Waals surface area contributed by atoms with Crippen LogP contribution in [-0.4, -0.2) is 40.6 Å². The number of carbonyl (C=O) groups is 1. The molecule has 6 rings (SSSR count). The van der Waals surface area contributed by atoms with Gasteiger partial charge in [-0.15, -0.1) is 0 Å². The van der Waals surface area contributed by atoms with Crippen LogP contribution in [0.4, 0.5) is 5.69 Å². The fourth-order valence-corrected chi connectivity index (χ4v) is 8.25. The minimum absolute atomic E-state index is 0.285. The van der Waals surface area contributed by atoms with Crippen molar-refractivity contribution in [1.29, 1.82) is 0 Å². The molecule has 0 unspecified atom stereocenters. The van der Waals surface area contributed by atoms with E-state index in [9.17, 15) is 4.79 Å². The van der Waals surface area contributed by atoms with Gasteiger partial charge in [0.15, 0.2) is 5.96 Å². The molecule has 3 N–H and O–H groups in total. The largest absolute Gasteiger partial charge is 0.478 e. The van der Waals surface area contributed by atoms with E-state index in [4.69, 9.17) is 10.1 Å². The van der Waals surface area contributed by atoms with Gasteiger partial charge in [0.05, 0.1) is 12.1 Å². The second kappa shape index (κ2) is 10.4. The number of nitrogens with one attached hydrogen (secondary N) is 2. The summed E-state index contributed by atoms with van der Waals surface area (Å²) >= 11 is 2.18. The van der Waals surface area contributed by atoms with E-state index in [1.807, 2.05) is 6.07 Å². The number of benzene rings is 2. The Labute approximate surface area is 206 Å². The van der Waals surface area contributed by atoms with Gasteiger partial charge in [-0.1, -0.05) is 30.3 Å². The number of hydrogen-bond acceptors (Lipinski definition) is 3. The zero-order valence-corrected chi connectivity index (χ0v) is 20.5. The predicted molar refractivity (Wildman–Crippen MR) is 141 cm³/mol. The molecule has 0 aliphatic heterocycles. The van der Waals surface area contributed by atoms with E-state index in [-0.39, 0.29) is 5.56 Å². The molecule has 180 valence electrons. The Morgan fingerprint density at radius 1 is 0.971 bits per heavy atom. The van der Waals surface area contributed by atoms with Gasteiger partial charge in [-0.25, -0.2) is 4.79 Å². The number of carboxylic acid groups (broad SMARTS) is 1. The van der Waals surface area contributed by atoms with E-state index < -0.39 is 5.97 Å². The van der Waals surface area contributed by atoms with Crippen molar-refractivity contribution in [3.05, 3.63) is 65.7 Å². The van der Waals surface area contributed by atoms with Crippen LogP contribution in [0.3, 0.4) is 0 Å². The van der Waals surface area contributed by atoms with Crippen LogP contribution in [0.25, 0.3) is 0 Å². The average molecular weight is 478 g/mol. The maximum Gasteiger partial charge on any atom is 0.335 e. The second-order valence-electron chi connectivity index (χ2n) is 10.3. The van der Waals surface area contributed by atoms with Gasteiger partial charge in [0, 0.05) is 22.7 Å². The maximum atomic E-state index is 11.2. The molecular formula is C28H35N3O2S. The van der Waals surface area contributed by atoms with Crippen LogP contribution in [0.2, 0.25) is 0 Å². The molecule has 4 saturated carbocycles. The number of carboxylic acids is 1. The van der Waals surface area contributed by atoms with Gasteiger partial charge in [0.2, 0.25) is 0 Å². The summed E-state index contributed by atoms with van der Waals surface area (Å²) in [5.41, 5.74) is 2.41. The minimum Gasteiger partial charge on any atom is -0.478 e. The highest BCUT2D eigenvalue weighted by atomic mass is 32.2. The van der Waals surface area contributed by atoms with Gasteiger partial charge in [-0.2, -0.15) is 11.8 Å². The van der Waals surface area contributed by atoms with Gasteiger partial charge in [-0.05, 0) is 92.5 Å². The highest BCUT2D eigenvalue weighted by Crippen LogP contribution is 2.60. The topological polar surface area (TPSA) is 73.7 Å². The first-order valence-corrected chi connectivity index (χ1v) is 13.6. The molecule has 4 aliphatic carbocycles. The van der Waals surface area contributed by atoms with Crippen molar-refractivity contribution in [2.24, 2.45) is 22.7 Å². The number of aliphatic imine (C=N–C) groups is 1. The Morgan fingerprint density at radius 2 is 1.62 bits per heavy atom. The minimum atomic E-state index is -0.914. The third-order valence-electron chi connectivity index (χ3n) is 7.70. The van der Waals surface area contributed by atoms with Gasteiger partial charge >= 0.3 is 5.97 Å². The monoisotopic (exact) mass is 477 g/mol. The van der Waals surface area contributed by atoms with Gasteiger partial charge in [-0.3, -0.25) is 4.99 Å². The van der Waals surface area contributed by atoms with Crippen LogP contribution in [-0.2, 0) is 6.42 Å². The lowest BCUT2D eigenvalue weighted by Gasteiger charge is -2.56. The summed E-state index contributed by atoms with van der Waals surface area (Å²) in [6, 6.07) is 17.3. The Kier molecular flexibility index (Phi) is 7.14. The van der Waals surface area contributed by atoms with Crippen molar-refractivity contribution < 1.29 is 9.90 Å². The smallest absolute Gasteiger partial charge is 0.335 e. The van der Waals surface area contributed by atoms with Crippen LogP contribution in [0, 0.1) is 17.8 Å². The van der Waals surface area contributed by atoms with Crippen LogP contribution in [0.5, 0.6) is 0 Å². The summed E-state index contributed by atoms with van der Waals surface area (Å²) in [7, 11) is 0. The molecule has 0 aromatic heterocycles. The molecule has 6 heteroatoms. The van der Waals surface area contributed by atoms with Crippen LogP contribution in [0.15, 0.2) is 59.6 Å². The SMILES string of the molecule is O=C(O)c1ccc(NC(=NCCSC23CC4CC(CC(C4)C2)C3)NCCc2ccccc2)cc1. The molecule has 0 spiro atoms. The zero-order chi connectivity index (χ0) is 23.4. The molecule has 34 heavy (non-hydrogen) atoms. The number of nitrogens with zero attached hydrogens (tertiary/aromatic N) is 1. The van der Waals surface area contributed by atoms with Crippen molar-refractivity contribution in [3.63, 3.8) is 0 Å². The van der Waals surface area contributed by atoms with Gasteiger partial charge in [0.1, 0.15) is 0 Å². The number of aromatic carboxylic acids is 1. The van der Waals surface area contributed by atoms with Crippen molar-refractivity contribution in [1.82, 2.24) is 5.32 Å². The van der Waals surface area contributed by atoms with Crippen molar-refractivity contribution in [2.45, 2.75) is 49.7 Å². The van der Waals surface area contributed by atoms with E-state index in [1.165, 1.54) is 44.1 Å². The van der Waals surface area contributed by atoms with Gasteiger partial charge in [0.25, 0.3) is 0 Å². The molecule has 4 aliphatic rings. The lowest BCUT2D eigenvalue weighted by Crippen LogP contribution is -2.48. The van der Waals surface area contributed by atoms with Crippen molar-refractivity contribution >= 4 is 29.4 Å². The molecule has 2 aromatic rings. The first-order valence-electron chi connectivity index (χ1n) is 12.6. The molecule has 0 radical (unpaired) electrons. The summed E-state index contributed by atoms with van der Waals surface area (Å²) in [5, 5.41) is 16.0. The molecule has 2 aromatic carbocycles. The summed E-state index contributed by atoms with van der Waals surface area (Å²) < 4.78 is 0.519. The van der Waals surface area contributed by atoms with Crippen LogP contribution >= 0.6 is 11.8 Å². The Bertz CT molecular complexity index is 971. The third kappa shape index (κ3) is 5.77. The molecule has 4 bridgehead atoms. The third-order valence-corrected chi connectivity index (χ3v) is 9.19. The molecule has 0 amide bonds. The summed E-state index contributed by atoms with van der Waals surface area (Å²) in [6.45, 7) is 1.56. The molecule has 0 saturated heterocycles. The predicted octanol–water partition coefficient (Wildman–Crippen LogP) is 5.69. The maximum absolute atomic E-state index is 11.2. The quantitative estimate of drug-likeness (QED) is 0.246.